The molecule has 10 nitrogen and oxygen atoms in total. The maximum atomic E-state index is 13.0. The zero-order chi connectivity index (χ0) is 25.8. The average molecular weight is 528 g/mol. The Kier molecular flexibility index (Phi) is 8.30. The van der Waals surface area contributed by atoms with Crippen molar-refractivity contribution in [3.05, 3.63) is 41.3 Å². The van der Waals surface area contributed by atoms with Crippen LogP contribution in [0.1, 0.15) is 28.0 Å². The van der Waals surface area contributed by atoms with Gasteiger partial charge in [0.15, 0.2) is 5.69 Å². The van der Waals surface area contributed by atoms with E-state index < -0.39 is 52.9 Å². The summed E-state index contributed by atoms with van der Waals surface area (Å²) >= 11 is 0. The van der Waals surface area contributed by atoms with Crippen molar-refractivity contribution in [2.24, 2.45) is 0 Å². The van der Waals surface area contributed by atoms with Crippen LogP contribution in [0.3, 0.4) is 0 Å². The van der Waals surface area contributed by atoms with E-state index >= 15 is 0 Å². The smallest absolute Gasteiger partial charge is 0.416 e. The van der Waals surface area contributed by atoms with Crippen molar-refractivity contribution in [2.75, 3.05) is 31.6 Å². The molecule has 0 spiro atoms. The molecule has 0 radical (unpaired) electrons. The Morgan fingerprint density at radius 2 is 2.06 bits per heavy atom. The van der Waals surface area contributed by atoms with Gasteiger partial charge in [0.2, 0.25) is 0 Å². The minimum absolute atomic E-state index is 0.0243. The number of hydrogen-bond donors (Lipinski definition) is 2. The van der Waals surface area contributed by atoms with E-state index in [1.807, 2.05) is 0 Å². The molecule has 1 atom stereocenters. The Bertz CT molecular complexity index is 1140. The number of rotatable bonds is 8. The lowest BCUT2D eigenvalue weighted by molar-refractivity contribution is -0.153. The minimum Gasteiger partial charge on any atom is -0.431 e. The van der Waals surface area contributed by atoms with Crippen molar-refractivity contribution >= 4 is 27.8 Å². The molecule has 1 saturated heterocycles. The first-order valence-electron chi connectivity index (χ1n) is 10.1. The molecule has 35 heavy (non-hydrogen) atoms. The van der Waals surface area contributed by atoms with E-state index in [0.717, 1.165) is 22.7 Å². The average Bonchev–Trinajstić information content (AvgIpc) is 3.08. The molecule has 1 unspecified atom stereocenters. The number of aromatic nitrogens is 1. The number of nitrogens with zero attached hydrogens (tertiary/aromatic N) is 2. The summed E-state index contributed by atoms with van der Waals surface area (Å²) in [6, 6.07) is 2.65. The minimum atomic E-state index is -4.57. The zero-order valence-electron chi connectivity index (χ0n) is 18.1. The van der Waals surface area contributed by atoms with E-state index in [4.69, 9.17) is 9.15 Å². The fourth-order valence-electron chi connectivity index (χ4n) is 3.07. The number of alkyl halides is 5. The van der Waals surface area contributed by atoms with Gasteiger partial charge in [0.1, 0.15) is 6.26 Å². The molecule has 1 aliphatic rings. The zero-order valence-corrected chi connectivity index (χ0v) is 19.0. The van der Waals surface area contributed by atoms with Gasteiger partial charge in [0.05, 0.1) is 24.9 Å². The number of amides is 1. The monoisotopic (exact) mass is 528 g/mol. The van der Waals surface area contributed by atoms with E-state index in [0.29, 0.717) is 5.56 Å². The molecule has 0 aliphatic carbocycles. The highest BCUT2D eigenvalue weighted by molar-refractivity contribution is 7.87. The SMILES string of the molecule is Cc1ccc(C(F)(F)F)cc1Nc1nc(C(=O)NS(=O)(=O)N2CCOC(COC(F)F)CC2)co1. The molecule has 1 amide bonds. The lowest BCUT2D eigenvalue weighted by atomic mass is 10.1. The van der Waals surface area contributed by atoms with Crippen molar-refractivity contribution in [1.29, 1.82) is 0 Å². The van der Waals surface area contributed by atoms with Gasteiger partial charge in [-0.2, -0.15) is 39.7 Å². The third-order valence-corrected chi connectivity index (χ3v) is 6.40. The number of ether oxygens (including phenoxy) is 2. The summed E-state index contributed by atoms with van der Waals surface area (Å²) in [5, 5.41) is 2.52. The molecule has 3 rings (SSSR count). The van der Waals surface area contributed by atoms with Crippen molar-refractivity contribution in [2.45, 2.75) is 32.2 Å². The molecule has 1 aromatic heterocycles. The van der Waals surface area contributed by atoms with Crippen LogP contribution in [-0.2, 0) is 25.9 Å². The van der Waals surface area contributed by atoms with Crippen LogP contribution in [0.15, 0.2) is 28.9 Å². The van der Waals surface area contributed by atoms with Crippen LogP contribution in [0.25, 0.3) is 0 Å². The first-order chi connectivity index (χ1) is 16.3. The summed E-state index contributed by atoms with van der Waals surface area (Å²) in [4.78, 5) is 16.2. The molecular weight excluding hydrogens is 507 g/mol. The highest BCUT2D eigenvalue weighted by Gasteiger charge is 2.31. The van der Waals surface area contributed by atoms with Crippen LogP contribution in [-0.4, -0.2) is 62.6 Å². The number of carbonyl (C=O) groups excluding carboxylic acids is 1. The van der Waals surface area contributed by atoms with E-state index in [2.05, 4.69) is 15.0 Å². The second-order valence-corrected chi connectivity index (χ2v) is 9.07. The van der Waals surface area contributed by atoms with Crippen LogP contribution in [0.4, 0.5) is 33.7 Å². The number of anilines is 2. The predicted molar refractivity (Wildman–Crippen MR) is 110 cm³/mol. The summed E-state index contributed by atoms with van der Waals surface area (Å²) in [6.07, 6.45) is -4.44. The van der Waals surface area contributed by atoms with Crippen molar-refractivity contribution in [3.8, 4) is 0 Å². The Labute approximate surface area is 196 Å². The molecule has 2 N–H and O–H groups in total. The summed E-state index contributed by atoms with van der Waals surface area (Å²) in [7, 11) is -4.35. The van der Waals surface area contributed by atoms with Crippen LogP contribution in [0.5, 0.6) is 0 Å². The summed E-state index contributed by atoms with van der Waals surface area (Å²) in [5.74, 6) is -1.15. The Balaban J connectivity index is 1.63. The van der Waals surface area contributed by atoms with Gasteiger partial charge < -0.3 is 19.2 Å². The molecule has 2 aromatic rings. The number of aryl methyl sites for hydroxylation is 1. The van der Waals surface area contributed by atoms with Gasteiger partial charge in [0.25, 0.3) is 11.9 Å². The largest absolute Gasteiger partial charge is 0.431 e. The molecule has 16 heteroatoms. The fraction of sp³-hybridized carbons (Fsp3) is 0.474. The van der Waals surface area contributed by atoms with Crippen molar-refractivity contribution in [3.63, 3.8) is 0 Å². The van der Waals surface area contributed by atoms with Crippen LogP contribution in [0, 0.1) is 6.92 Å². The number of nitrogens with one attached hydrogen (secondary N) is 2. The third kappa shape index (κ3) is 7.33. The quantitative estimate of drug-likeness (QED) is 0.502. The van der Waals surface area contributed by atoms with E-state index in [-0.39, 0.29) is 37.8 Å². The van der Waals surface area contributed by atoms with Gasteiger partial charge in [-0.05, 0) is 31.0 Å². The molecular formula is C19H21F5N4O6S. The van der Waals surface area contributed by atoms with Gasteiger partial charge in [0, 0.05) is 18.8 Å². The van der Waals surface area contributed by atoms with Gasteiger partial charge in [-0.3, -0.25) is 4.79 Å². The first kappa shape index (κ1) is 26.8. The van der Waals surface area contributed by atoms with E-state index in [1.165, 1.54) is 6.07 Å². The summed E-state index contributed by atoms with van der Waals surface area (Å²) < 4.78 is 106. The lowest BCUT2D eigenvalue weighted by Crippen LogP contribution is -2.44. The van der Waals surface area contributed by atoms with Crippen molar-refractivity contribution < 1.29 is 49.1 Å². The number of oxazole rings is 1. The maximum absolute atomic E-state index is 13.0. The Hall–Kier alpha value is -2.82. The second kappa shape index (κ2) is 10.8. The molecule has 2 heterocycles. The lowest BCUT2D eigenvalue weighted by Gasteiger charge is -2.19. The standard InChI is InChI=1S/C19H21F5N4O6S/c1-11-2-3-12(19(22,23)24)8-14(11)25-18-26-15(10-34-18)16(29)27-35(30,31)28-5-4-13(32-7-6-28)9-33-17(20)21/h2-3,8,10,13,17H,4-7,9H2,1H3,(H,25,26)(H,27,29). The molecule has 0 bridgehead atoms. The van der Waals surface area contributed by atoms with Gasteiger partial charge in [-0.1, -0.05) is 6.07 Å². The van der Waals surface area contributed by atoms with Crippen LogP contribution in [0.2, 0.25) is 0 Å². The van der Waals surface area contributed by atoms with E-state index in [1.54, 1.807) is 11.6 Å². The molecule has 1 aromatic carbocycles. The summed E-state index contributed by atoms with van der Waals surface area (Å²) in [6.45, 7) is -2.24. The normalized spacial score (nSPS) is 17.9. The molecule has 1 aliphatic heterocycles. The van der Waals surface area contributed by atoms with Gasteiger partial charge >= 0.3 is 23.0 Å². The predicted octanol–water partition coefficient (Wildman–Crippen LogP) is 3.05. The molecule has 0 saturated carbocycles. The number of hydrogen-bond acceptors (Lipinski definition) is 8. The molecule has 1 fully saturated rings. The number of halogens is 5. The topological polar surface area (TPSA) is 123 Å². The fourth-order valence-corrected chi connectivity index (χ4v) is 4.20. The molecule has 194 valence electrons. The van der Waals surface area contributed by atoms with Gasteiger partial charge in [-0.25, -0.2) is 4.72 Å². The highest BCUT2D eigenvalue weighted by Crippen LogP contribution is 2.33. The number of carbonyl (C=O) groups is 1. The Morgan fingerprint density at radius 3 is 2.74 bits per heavy atom. The highest BCUT2D eigenvalue weighted by atomic mass is 32.2. The maximum Gasteiger partial charge on any atom is 0.416 e. The second-order valence-electron chi connectivity index (χ2n) is 7.40. The Morgan fingerprint density at radius 1 is 1.31 bits per heavy atom. The first-order valence-corrected chi connectivity index (χ1v) is 11.5. The van der Waals surface area contributed by atoms with Crippen LogP contribution < -0.4 is 10.0 Å². The third-order valence-electron chi connectivity index (χ3n) is 4.91. The number of benzene rings is 1. The van der Waals surface area contributed by atoms with Crippen molar-refractivity contribution in [1.82, 2.24) is 14.0 Å². The van der Waals surface area contributed by atoms with E-state index in [9.17, 15) is 35.2 Å². The van der Waals surface area contributed by atoms with Gasteiger partial charge in [-0.15, -0.1) is 0 Å². The van der Waals surface area contributed by atoms with Crippen LogP contribution >= 0.6 is 0 Å². The summed E-state index contributed by atoms with van der Waals surface area (Å²) in [5.41, 5.74) is -0.901.